The van der Waals surface area contributed by atoms with Crippen LogP contribution in [0.4, 0.5) is 5.69 Å². The van der Waals surface area contributed by atoms with Crippen LogP contribution in [0.2, 0.25) is 0 Å². The van der Waals surface area contributed by atoms with Crippen molar-refractivity contribution in [2.75, 3.05) is 19.0 Å². The SMILES string of the molecule is COc1ccccc1NCC(=O)NNC(=O)c1csc2c1CC[C@@H](C)C2. The van der Waals surface area contributed by atoms with E-state index >= 15 is 0 Å². The number of amides is 2. The van der Waals surface area contributed by atoms with Gasteiger partial charge in [0.1, 0.15) is 5.75 Å². The number of anilines is 1. The van der Waals surface area contributed by atoms with Crippen molar-refractivity contribution in [3.05, 3.63) is 45.6 Å². The number of para-hydroxylation sites is 2. The van der Waals surface area contributed by atoms with Crippen LogP contribution in [0.25, 0.3) is 0 Å². The monoisotopic (exact) mass is 373 g/mol. The molecule has 1 aromatic carbocycles. The number of carbonyl (C=O) groups excluding carboxylic acids is 2. The number of rotatable bonds is 5. The van der Waals surface area contributed by atoms with Crippen LogP contribution < -0.4 is 20.9 Å². The van der Waals surface area contributed by atoms with E-state index in [4.69, 9.17) is 4.74 Å². The zero-order chi connectivity index (χ0) is 18.5. The fraction of sp³-hybridized carbons (Fsp3) is 0.368. The molecule has 2 aromatic rings. The highest BCUT2D eigenvalue weighted by Crippen LogP contribution is 2.32. The van der Waals surface area contributed by atoms with Crippen molar-refractivity contribution >= 4 is 28.8 Å². The largest absolute Gasteiger partial charge is 0.495 e. The summed E-state index contributed by atoms with van der Waals surface area (Å²) < 4.78 is 5.22. The van der Waals surface area contributed by atoms with E-state index in [-0.39, 0.29) is 18.4 Å². The Morgan fingerprint density at radius 1 is 1.27 bits per heavy atom. The number of hydrogen-bond donors (Lipinski definition) is 3. The molecule has 7 heteroatoms. The van der Waals surface area contributed by atoms with Crippen LogP contribution >= 0.6 is 11.3 Å². The first-order chi connectivity index (χ1) is 12.6. The number of hydrogen-bond acceptors (Lipinski definition) is 5. The van der Waals surface area contributed by atoms with Gasteiger partial charge in [-0.25, -0.2) is 0 Å². The number of carbonyl (C=O) groups is 2. The summed E-state index contributed by atoms with van der Waals surface area (Å²) in [6.07, 6.45) is 3.05. The van der Waals surface area contributed by atoms with E-state index in [0.717, 1.165) is 30.5 Å². The van der Waals surface area contributed by atoms with E-state index in [1.165, 1.54) is 4.88 Å². The Labute approximate surface area is 156 Å². The molecule has 1 heterocycles. The summed E-state index contributed by atoms with van der Waals surface area (Å²) in [7, 11) is 1.57. The molecule has 0 fully saturated rings. The normalized spacial score (nSPS) is 15.7. The van der Waals surface area contributed by atoms with E-state index in [1.54, 1.807) is 18.4 Å². The Hall–Kier alpha value is -2.54. The Morgan fingerprint density at radius 2 is 2.08 bits per heavy atom. The van der Waals surface area contributed by atoms with Crippen molar-refractivity contribution in [3.63, 3.8) is 0 Å². The summed E-state index contributed by atoms with van der Waals surface area (Å²) in [5.41, 5.74) is 7.49. The Balaban J connectivity index is 1.51. The van der Waals surface area contributed by atoms with Gasteiger partial charge in [0.25, 0.3) is 11.8 Å². The van der Waals surface area contributed by atoms with Crippen LogP contribution in [-0.2, 0) is 17.6 Å². The third kappa shape index (κ3) is 4.16. The zero-order valence-electron chi connectivity index (χ0n) is 14.9. The average molecular weight is 373 g/mol. The fourth-order valence-corrected chi connectivity index (χ4v) is 4.32. The second kappa shape index (κ2) is 8.23. The van der Waals surface area contributed by atoms with Crippen LogP contribution in [0.5, 0.6) is 5.75 Å². The molecule has 3 rings (SSSR count). The maximum atomic E-state index is 12.4. The molecule has 1 aliphatic rings. The number of nitrogens with one attached hydrogen (secondary N) is 3. The van der Waals surface area contributed by atoms with Crippen molar-refractivity contribution in [3.8, 4) is 5.75 Å². The minimum absolute atomic E-state index is 0.0277. The molecule has 0 saturated heterocycles. The van der Waals surface area contributed by atoms with Crippen molar-refractivity contribution in [1.82, 2.24) is 10.9 Å². The van der Waals surface area contributed by atoms with Gasteiger partial charge in [0.15, 0.2) is 0 Å². The van der Waals surface area contributed by atoms with Crippen LogP contribution in [0, 0.1) is 5.92 Å². The van der Waals surface area contributed by atoms with Crippen LogP contribution in [0.15, 0.2) is 29.6 Å². The highest BCUT2D eigenvalue weighted by Gasteiger charge is 2.23. The van der Waals surface area contributed by atoms with Crippen molar-refractivity contribution in [2.24, 2.45) is 5.92 Å². The van der Waals surface area contributed by atoms with Crippen molar-refractivity contribution in [1.29, 1.82) is 0 Å². The average Bonchev–Trinajstić information content (AvgIpc) is 3.07. The van der Waals surface area contributed by atoms with Crippen molar-refractivity contribution < 1.29 is 14.3 Å². The Morgan fingerprint density at radius 3 is 2.88 bits per heavy atom. The molecule has 0 aliphatic heterocycles. The number of methoxy groups -OCH3 is 1. The summed E-state index contributed by atoms with van der Waals surface area (Å²) in [4.78, 5) is 25.7. The maximum absolute atomic E-state index is 12.4. The first-order valence-electron chi connectivity index (χ1n) is 8.63. The number of benzene rings is 1. The van der Waals surface area contributed by atoms with E-state index < -0.39 is 0 Å². The minimum atomic E-state index is -0.332. The van der Waals surface area contributed by atoms with E-state index in [1.807, 2.05) is 29.6 Å². The van der Waals surface area contributed by atoms with Gasteiger partial charge < -0.3 is 10.1 Å². The van der Waals surface area contributed by atoms with Gasteiger partial charge in [-0.1, -0.05) is 19.1 Å². The molecule has 3 N–H and O–H groups in total. The van der Waals surface area contributed by atoms with Gasteiger partial charge in [0.2, 0.25) is 0 Å². The predicted molar refractivity (Wildman–Crippen MR) is 103 cm³/mol. The lowest BCUT2D eigenvalue weighted by molar-refractivity contribution is -0.120. The third-order valence-corrected chi connectivity index (χ3v) is 5.56. The van der Waals surface area contributed by atoms with E-state index in [0.29, 0.717) is 17.2 Å². The summed E-state index contributed by atoms with van der Waals surface area (Å²) in [6.45, 7) is 2.26. The molecular weight excluding hydrogens is 350 g/mol. The van der Waals surface area contributed by atoms with Crippen LogP contribution in [-0.4, -0.2) is 25.5 Å². The molecule has 0 unspecified atom stereocenters. The second-order valence-electron chi connectivity index (χ2n) is 6.46. The van der Waals surface area contributed by atoms with Crippen LogP contribution in [0.3, 0.4) is 0 Å². The van der Waals surface area contributed by atoms with E-state index in [9.17, 15) is 9.59 Å². The molecule has 1 aliphatic carbocycles. The number of thiophene rings is 1. The van der Waals surface area contributed by atoms with Crippen molar-refractivity contribution in [2.45, 2.75) is 26.2 Å². The lowest BCUT2D eigenvalue weighted by atomic mass is 9.88. The highest BCUT2D eigenvalue weighted by molar-refractivity contribution is 7.10. The zero-order valence-corrected chi connectivity index (χ0v) is 15.7. The molecule has 138 valence electrons. The summed E-state index contributed by atoms with van der Waals surface area (Å²) in [5.74, 6) is 0.728. The highest BCUT2D eigenvalue weighted by atomic mass is 32.1. The number of ether oxygens (including phenoxy) is 1. The Bertz CT molecular complexity index is 803. The smallest absolute Gasteiger partial charge is 0.270 e. The standard InChI is InChI=1S/C19H23N3O3S/c1-12-7-8-13-14(11-26-17(13)9-12)19(24)22-21-18(23)10-20-15-5-3-4-6-16(15)25-2/h3-6,11-12,20H,7-10H2,1-2H3,(H,21,23)(H,22,24)/t12-/m1/s1. The first-order valence-corrected chi connectivity index (χ1v) is 9.51. The predicted octanol–water partition coefficient (Wildman–Crippen LogP) is 2.75. The molecule has 26 heavy (non-hydrogen) atoms. The van der Waals surface area contributed by atoms with Gasteiger partial charge in [-0.3, -0.25) is 20.4 Å². The molecule has 0 spiro atoms. The topological polar surface area (TPSA) is 79.5 Å². The summed E-state index contributed by atoms with van der Waals surface area (Å²) >= 11 is 1.63. The summed E-state index contributed by atoms with van der Waals surface area (Å²) in [6, 6.07) is 7.34. The summed E-state index contributed by atoms with van der Waals surface area (Å²) in [5, 5.41) is 4.88. The van der Waals surface area contributed by atoms with Crippen LogP contribution in [0.1, 0.15) is 34.1 Å². The molecule has 1 atom stereocenters. The lowest BCUT2D eigenvalue weighted by Gasteiger charge is -2.18. The van der Waals surface area contributed by atoms with Gasteiger partial charge in [-0.2, -0.15) is 0 Å². The molecule has 0 bridgehead atoms. The number of hydrazine groups is 1. The maximum Gasteiger partial charge on any atom is 0.270 e. The molecule has 6 nitrogen and oxygen atoms in total. The molecule has 2 amide bonds. The second-order valence-corrected chi connectivity index (χ2v) is 7.42. The van der Waals surface area contributed by atoms with Gasteiger partial charge in [0, 0.05) is 10.3 Å². The first kappa shape index (κ1) is 18.3. The molecule has 0 radical (unpaired) electrons. The van der Waals surface area contributed by atoms with Gasteiger partial charge in [0.05, 0.1) is 24.9 Å². The quantitative estimate of drug-likeness (QED) is 0.704. The van der Waals surface area contributed by atoms with Gasteiger partial charge in [-0.15, -0.1) is 11.3 Å². The molecule has 1 aromatic heterocycles. The molecular formula is C19H23N3O3S. The van der Waals surface area contributed by atoms with E-state index in [2.05, 4.69) is 23.1 Å². The number of fused-ring (bicyclic) bond motifs is 1. The Kier molecular flexibility index (Phi) is 5.78. The lowest BCUT2D eigenvalue weighted by Crippen LogP contribution is -2.44. The fourth-order valence-electron chi connectivity index (χ4n) is 3.07. The van der Waals surface area contributed by atoms with Gasteiger partial charge >= 0.3 is 0 Å². The molecule has 0 saturated carbocycles. The minimum Gasteiger partial charge on any atom is -0.495 e. The van der Waals surface area contributed by atoms with Gasteiger partial charge in [-0.05, 0) is 42.9 Å². The third-order valence-electron chi connectivity index (χ3n) is 4.51.